The van der Waals surface area contributed by atoms with Gasteiger partial charge in [-0.1, -0.05) is 0 Å². The van der Waals surface area contributed by atoms with Gasteiger partial charge in [-0.3, -0.25) is 0 Å². The highest BCUT2D eigenvalue weighted by molar-refractivity contribution is 5.61. The minimum atomic E-state index is -2.25. The smallest absolute Gasteiger partial charge is 0.450 e. The quantitative estimate of drug-likeness (QED) is 0.441. The number of ether oxygens (including phenoxy) is 4. The maximum absolute atomic E-state index is 11.6. The molecule has 1 heterocycles. The molecule has 104 valence electrons. The standard InChI is InChI=1S/C4H6O6.C3H2F2O3/c5-3(6)9-1-2-10-4(7)8;4-1-2(5)8-3(6)7-1/h1-2H2,(H,5,6)(H,7,8);1-2H/t;1-,2+. The second-order valence-corrected chi connectivity index (χ2v) is 2.42. The Hall–Kier alpha value is -2.33. The molecule has 2 atom stereocenters. The van der Waals surface area contributed by atoms with Gasteiger partial charge in [-0.2, -0.15) is 8.78 Å². The Kier molecular flexibility index (Phi) is 6.85. The number of alkyl halides is 2. The van der Waals surface area contributed by atoms with Crippen LogP contribution in [0.1, 0.15) is 0 Å². The van der Waals surface area contributed by atoms with Gasteiger partial charge in [-0.05, 0) is 0 Å². The second kappa shape index (κ2) is 7.86. The van der Waals surface area contributed by atoms with Crippen LogP contribution in [0.4, 0.5) is 23.2 Å². The van der Waals surface area contributed by atoms with Crippen LogP contribution >= 0.6 is 0 Å². The molecule has 1 fully saturated rings. The largest absolute Gasteiger partial charge is 0.513 e. The maximum atomic E-state index is 11.6. The predicted octanol–water partition coefficient (Wildman–Crippen LogP) is 1.12. The van der Waals surface area contributed by atoms with Gasteiger partial charge in [0.2, 0.25) is 0 Å². The summed E-state index contributed by atoms with van der Waals surface area (Å²) in [6.45, 7) is -0.552. The summed E-state index contributed by atoms with van der Waals surface area (Å²) in [6, 6.07) is 0. The summed E-state index contributed by atoms with van der Waals surface area (Å²) >= 11 is 0. The molecule has 2 N–H and O–H groups in total. The summed E-state index contributed by atoms with van der Waals surface area (Å²) in [5.41, 5.74) is 0. The predicted molar refractivity (Wildman–Crippen MR) is 45.3 cm³/mol. The second-order valence-electron chi connectivity index (χ2n) is 2.42. The number of rotatable bonds is 3. The number of hydrogen-bond donors (Lipinski definition) is 2. The van der Waals surface area contributed by atoms with Gasteiger partial charge in [0.1, 0.15) is 13.2 Å². The molecular formula is C7H8F2O9. The molecule has 9 nitrogen and oxygen atoms in total. The van der Waals surface area contributed by atoms with Crippen molar-refractivity contribution in [1.29, 1.82) is 0 Å². The van der Waals surface area contributed by atoms with Crippen molar-refractivity contribution >= 4 is 18.5 Å². The lowest BCUT2D eigenvalue weighted by atomic mass is 10.7. The lowest BCUT2D eigenvalue weighted by molar-refractivity contribution is -0.0349. The molecule has 0 bridgehead atoms. The molecule has 11 heteroatoms. The SMILES string of the molecule is O=C(O)OCCOC(=O)O.O=C1O[C@@H](F)[C@@H](F)O1. The van der Waals surface area contributed by atoms with Crippen LogP contribution in [-0.4, -0.2) is 54.6 Å². The van der Waals surface area contributed by atoms with Crippen molar-refractivity contribution in [2.45, 2.75) is 12.7 Å². The lowest BCUT2D eigenvalue weighted by Crippen LogP contribution is -2.10. The molecule has 1 aliphatic rings. The Morgan fingerprint density at radius 2 is 1.39 bits per heavy atom. The summed E-state index contributed by atoms with van der Waals surface area (Å²) in [5.74, 6) is 0. The van der Waals surface area contributed by atoms with E-state index in [1.807, 2.05) is 0 Å². The number of carboxylic acid groups (broad SMARTS) is 2. The monoisotopic (exact) mass is 274 g/mol. The Balaban J connectivity index is 0.000000327. The van der Waals surface area contributed by atoms with Gasteiger partial charge in [0.25, 0.3) is 0 Å². The topological polar surface area (TPSA) is 129 Å². The van der Waals surface area contributed by atoms with E-state index in [0.717, 1.165) is 0 Å². The molecule has 0 aliphatic carbocycles. The molecule has 18 heavy (non-hydrogen) atoms. The number of halogens is 2. The molecule has 0 radical (unpaired) electrons. The highest BCUT2D eigenvalue weighted by atomic mass is 19.2. The average Bonchev–Trinajstić information content (AvgIpc) is 2.52. The van der Waals surface area contributed by atoms with Gasteiger partial charge < -0.3 is 29.2 Å². The maximum Gasteiger partial charge on any atom is 0.513 e. The Labute approximate surface area is 97.8 Å². The van der Waals surface area contributed by atoms with Crippen LogP contribution in [0.25, 0.3) is 0 Å². The highest BCUT2D eigenvalue weighted by Crippen LogP contribution is 2.16. The molecule has 1 saturated heterocycles. The molecule has 0 spiro atoms. The number of cyclic esters (lactones) is 2. The van der Waals surface area contributed by atoms with Crippen LogP contribution < -0.4 is 0 Å². The third kappa shape index (κ3) is 7.90. The van der Waals surface area contributed by atoms with Crippen LogP contribution in [0, 0.1) is 0 Å². The molecule has 0 aromatic heterocycles. The zero-order chi connectivity index (χ0) is 14.1. The fraction of sp³-hybridized carbons (Fsp3) is 0.571. The van der Waals surface area contributed by atoms with Crippen molar-refractivity contribution in [3.8, 4) is 0 Å². The van der Waals surface area contributed by atoms with E-state index in [-0.39, 0.29) is 13.2 Å². The Morgan fingerprint density at radius 1 is 1.06 bits per heavy atom. The first kappa shape index (κ1) is 15.7. The van der Waals surface area contributed by atoms with Gasteiger partial charge in [0.05, 0.1) is 0 Å². The summed E-state index contributed by atoms with van der Waals surface area (Å²) in [7, 11) is 0. The first-order chi connectivity index (χ1) is 8.32. The van der Waals surface area contributed by atoms with Crippen LogP contribution in [0.5, 0.6) is 0 Å². The highest BCUT2D eigenvalue weighted by Gasteiger charge is 2.36. The minimum Gasteiger partial charge on any atom is -0.450 e. The minimum absolute atomic E-state index is 0.276. The van der Waals surface area contributed by atoms with E-state index in [2.05, 4.69) is 18.9 Å². The van der Waals surface area contributed by atoms with E-state index >= 15 is 0 Å². The summed E-state index contributed by atoms with van der Waals surface area (Å²) in [4.78, 5) is 29.0. The number of hydrogen-bond acceptors (Lipinski definition) is 7. The normalized spacial score (nSPS) is 20.9. The third-order valence-corrected chi connectivity index (χ3v) is 1.16. The number of carbonyl (C=O) groups is 3. The average molecular weight is 274 g/mol. The van der Waals surface area contributed by atoms with Crippen LogP contribution in [0.2, 0.25) is 0 Å². The van der Waals surface area contributed by atoms with E-state index < -0.39 is 31.2 Å². The van der Waals surface area contributed by atoms with Gasteiger partial charge in [0, 0.05) is 0 Å². The lowest BCUT2D eigenvalue weighted by Gasteiger charge is -1.98. The van der Waals surface area contributed by atoms with Crippen molar-refractivity contribution in [2.24, 2.45) is 0 Å². The fourth-order valence-corrected chi connectivity index (χ4v) is 0.577. The molecule has 0 amide bonds. The van der Waals surface area contributed by atoms with Crippen LogP contribution in [0.15, 0.2) is 0 Å². The molecule has 0 unspecified atom stereocenters. The molecule has 1 rings (SSSR count). The molecule has 0 aromatic carbocycles. The summed E-state index contributed by atoms with van der Waals surface area (Å²) in [6.07, 6.45) is -8.70. The van der Waals surface area contributed by atoms with Crippen molar-refractivity contribution in [3.05, 3.63) is 0 Å². The summed E-state index contributed by atoms with van der Waals surface area (Å²) in [5, 5.41) is 15.7. The van der Waals surface area contributed by atoms with Crippen LogP contribution in [0.3, 0.4) is 0 Å². The van der Waals surface area contributed by atoms with Crippen LogP contribution in [-0.2, 0) is 18.9 Å². The summed E-state index contributed by atoms with van der Waals surface area (Å²) < 4.78 is 38.2. The first-order valence-corrected chi connectivity index (χ1v) is 4.19. The van der Waals surface area contributed by atoms with E-state index in [9.17, 15) is 23.2 Å². The molecule has 0 saturated carbocycles. The number of carbonyl (C=O) groups excluding carboxylic acids is 1. The van der Waals surface area contributed by atoms with Gasteiger partial charge in [-0.15, -0.1) is 0 Å². The fourth-order valence-electron chi connectivity index (χ4n) is 0.577. The van der Waals surface area contributed by atoms with Crippen molar-refractivity contribution in [2.75, 3.05) is 13.2 Å². The third-order valence-electron chi connectivity index (χ3n) is 1.16. The zero-order valence-electron chi connectivity index (χ0n) is 8.58. The van der Waals surface area contributed by atoms with E-state index in [4.69, 9.17) is 10.2 Å². The Morgan fingerprint density at radius 3 is 1.56 bits per heavy atom. The zero-order valence-corrected chi connectivity index (χ0v) is 8.58. The van der Waals surface area contributed by atoms with Crippen molar-refractivity contribution in [1.82, 2.24) is 0 Å². The molecular weight excluding hydrogens is 266 g/mol. The molecule has 1 aliphatic heterocycles. The Bertz CT molecular complexity index is 279. The van der Waals surface area contributed by atoms with E-state index in [1.165, 1.54) is 0 Å². The molecule has 0 aromatic rings. The van der Waals surface area contributed by atoms with Gasteiger partial charge in [-0.25, -0.2) is 14.4 Å². The van der Waals surface area contributed by atoms with Crippen molar-refractivity contribution < 1.29 is 52.3 Å². The van der Waals surface area contributed by atoms with E-state index in [0.29, 0.717) is 0 Å². The van der Waals surface area contributed by atoms with Crippen molar-refractivity contribution in [3.63, 3.8) is 0 Å². The van der Waals surface area contributed by atoms with E-state index in [1.54, 1.807) is 0 Å². The first-order valence-electron chi connectivity index (χ1n) is 4.19. The van der Waals surface area contributed by atoms with Gasteiger partial charge >= 0.3 is 31.2 Å². The van der Waals surface area contributed by atoms with Gasteiger partial charge in [0.15, 0.2) is 0 Å².